The van der Waals surface area contributed by atoms with Crippen molar-refractivity contribution >= 4 is 50.9 Å². The van der Waals surface area contributed by atoms with E-state index in [1.54, 1.807) is 11.8 Å². The molecule has 0 aliphatic carbocycles. The summed E-state index contributed by atoms with van der Waals surface area (Å²) in [6, 6.07) is 14.4. The first-order valence-corrected chi connectivity index (χ1v) is 9.36. The highest BCUT2D eigenvalue weighted by molar-refractivity contribution is 8.00. The van der Waals surface area contributed by atoms with Crippen molar-refractivity contribution in [2.75, 3.05) is 5.32 Å². The Balaban J connectivity index is 1.60. The first kappa shape index (κ1) is 17.4. The van der Waals surface area contributed by atoms with Crippen LogP contribution in [0.25, 0.3) is 10.8 Å². The molecule has 0 saturated carbocycles. The van der Waals surface area contributed by atoms with E-state index in [1.807, 2.05) is 18.2 Å². The lowest BCUT2D eigenvalue weighted by Gasteiger charge is -2.04. The Morgan fingerprint density at radius 2 is 1.88 bits per heavy atom. The minimum atomic E-state index is -1.00. The third-order valence-corrected chi connectivity index (χ3v) is 5.47. The van der Waals surface area contributed by atoms with Crippen molar-refractivity contribution in [1.82, 2.24) is 10.2 Å². The molecule has 0 fully saturated rings. The number of carboxylic acids is 1. The highest BCUT2D eigenvalue weighted by atomic mass is 32.2. The largest absolute Gasteiger partial charge is 0.481 e. The fraction of sp³-hybridized carbons (Fsp3) is 0.176. The van der Waals surface area contributed by atoms with Crippen LogP contribution in [0.4, 0.5) is 5.13 Å². The Morgan fingerprint density at radius 3 is 2.72 bits per heavy atom. The number of fused-ring (bicyclic) bond motifs is 1. The molecule has 3 aromatic rings. The summed E-state index contributed by atoms with van der Waals surface area (Å²) in [6.45, 7) is 0. The van der Waals surface area contributed by atoms with Crippen LogP contribution >= 0.6 is 23.1 Å². The molecule has 0 unspecified atom stereocenters. The predicted molar refractivity (Wildman–Crippen MR) is 98.9 cm³/mol. The Kier molecular flexibility index (Phi) is 5.62. The zero-order valence-electron chi connectivity index (χ0n) is 13.1. The smallest absolute Gasteiger partial charge is 0.303 e. The number of carboxylic acid groups (broad SMARTS) is 1. The number of amides is 1. The molecule has 0 saturated heterocycles. The normalized spacial score (nSPS) is 10.7. The molecule has 0 bridgehead atoms. The van der Waals surface area contributed by atoms with E-state index in [9.17, 15) is 9.59 Å². The number of aromatic nitrogens is 2. The molecule has 25 heavy (non-hydrogen) atoms. The first-order valence-electron chi connectivity index (χ1n) is 7.56. The molecule has 1 heterocycles. The number of nitrogens with one attached hydrogen (secondary N) is 1. The molecule has 0 radical (unpaired) electrons. The molecule has 0 atom stereocenters. The molecular formula is C17H15N3O3S2. The maximum absolute atomic E-state index is 11.6. The predicted octanol–water partition coefficient (Wildman–Crippen LogP) is 3.79. The van der Waals surface area contributed by atoms with Gasteiger partial charge in [-0.25, -0.2) is 0 Å². The van der Waals surface area contributed by atoms with E-state index in [2.05, 4.69) is 39.8 Å². The summed E-state index contributed by atoms with van der Waals surface area (Å²) in [5, 5.41) is 21.9. The number of aliphatic carboxylic acids is 1. The summed E-state index contributed by atoms with van der Waals surface area (Å²) in [5.74, 6) is -0.619. The van der Waals surface area contributed by atoms with Crippen molar-refractivity contribution in [3.8, 4) is 0 Å². The molecule has 0 spiro atoms. The van der Waals surface area contributed by atoms with Gasteiger partial charge in [-0.1, -0.05) is 65.6 Å². The number of hydrogen-bond acceptors (Lipinski definition) is 6. The van der Waals surface area contributed by atoms with Crippen LogP contribution in [-0.2, 0) is 15.3 Å². The number of nitrogens with zero attached hydrogens (tertiary/aromatic N) is 2. The van der Waals surface area contributed by atoms with Gasteiger partial charge in [-0.2, -0.15) is 0 Å². The van der Waals surface area contributed by atoms with Gasteiger partial charge < -0.3 is 10.4 Å². The van der Waals surface area contributed by atoms with E-state index in [1.165, 1.54) is 27.7 Å². The lowest BCUT2D eigenvalue weighted by molar-refractivity contribution is -0.138. The second-order valence-corrected chi connectivity index (χ2v) is 7.44. The van der Waals surface area contributed by atoms with E-state index in [0.29, 0.717) is 5.13 Å². The minimum Gasteiger partial charge on any atom is -0.481 e. The van der Waals surface area contributed by atoms with Gasteiger partial charge in [0.15, 0.2) is 4.34 Å². The van der Waals surface area contributed by atoms with Crippen molar-refractivity contribution in [2.24, 2.45) is 0 Å². The SMILES string of the molecule is O=C(O)CCC(=O)Nc1nnc(SCc2cccc3ccccc23)s1. The summed E-state index contributed by atoms with van der Waals surface area (Å²) >= 11 is 2.84. The summed E-state index contributed by atoms with van der Waals surface area (Å²) in [7, 11) is 0. The van der Waals surface area contributed by atoms with Gasteiger partial charge in [0.2, 0.25) is 11.0 Å². The maximum Gasteiger partial charge on any atom is 0.303 e. The van der Waals surface area contributed by atoms with E-state index in [-0.39, 0.29) is 18.7 Å². The van der Waals surface area contributed by atoms with Gasteiger partial charge in [-0.05, 0) is 16.3 Å². The molecule has 2 N–H and O–H groups in total. The molecule has 3 rings (SSSR count). The molecule has 1 aromatic heterocycles. The van der Waals surface area contributed by atoms with Crippen molar-refractivity contribution < 1.29 is 14.7 Å². The third kappa shape index (κ3) is 4.77. The molecular weight excluding hydrogens is 358 g/mol. The number of hydrogen-bond donors (Lipinski definition) is 2. The summed E-state index contributed by atoms with van der Waals surface area (Å²) in [5.41, 5.74) is 1.21. The van der Waals surface area contributed by atoms with E-state index in [0.717, 1.165) is 10.1 Å². The molecule has 0 aliphatic heterocycles. The topological polar surface area (TPSA) is 92.2 Å². The van der Waals surface area contributed by atoms with Crippen LogP contribution in [0.1, 0.15) is 18.4 Å². The summed E-state index contributed by atoms with van der Waals surface area (Å²) < 4.78 is 0.751. The molecule has 2 aromatic carbocycles. The van der Waals surface area contributed by atoms with Crippen LogP contribution in [-0.4, -0.2) is 27.2 Å². The maximum atomic E-state index is 11.6. The Labute approximate surface area is 152 Å². The first-order chi connectivity index (χ1) is 12.1. The van der Waals surface area contributed by atoms with Crippen molar-refractivity contribution in [2.45, 2.75) is 22.9 Å². The zero-order valence-corrected chi connectivity index (χ0v) is 14.8. The molecule has 0 aliphatic rings. The van der Waals surface area contributed by atoms with Crippen LogP contribution in [0.2, 0.25) is 0 Å². The van der Waals surface area contributed by atoms with Crippen LogP contribution in [0, 0.1) is 0 Å². The fourth-order valence-electron chi connectivity index (χ4n) is 2.28. The minimum absolute atomic E-state index is 0.0760. The standard InChI is InChI=1S/C17H15N3O3S2/c21-14(8-9-15(22)23)18-16-19-20-17(25-16)24-10-12-6-3-5-11-4-1-2-7-13(11)12/h1-7H,8-10H2,(H,22,23)(H,18,19,21). The Bertz CT molecular complexity index is 906. The Morgan fingerprint density at radius 1 is 1.08 bits per heavy atom. The second-order valence-electron chi connectivity index (χ2n) is 5.24. The van der Waals surface area contributed by atoms with Crippen LogP contribution in [0.15, 0.2) is 46.8 Å². The van der Waals surface area contributed by atoms with Gasteiger partial charge in [0.25, 0.3) is 0 Å². The third-order valence-electron chi connectivity index (χ3n) is 3.45. The molecule has 8 heteroatoms. The van der Waals surface area contributed by atoms with Crippen molar-refractivity contribution in [3.63, 3.8) is 0 Å². The summed E-state index contributed by atoms with van der Waals surface area (Å²) in [4.78, 5) is 22.1. The van der Waals surface area contributed by atoms with E-state index in [4.69, 9.17) is 5.11 Å². The van der Waals surface area contributed by atoms with Crippen molar-refractivity contribution in [3.05, 3.63) is 48.0 Å². The van der Waals surface area contributed by atoms with Crippen LogP contribution in [0.5, 0.6) is 0 Å². The number of thioether (sulfide) groups is 1. The number of anilines is 1. The van der Waals surface area contributed by atoms with Gasteiger partial charge in [-0.15, -0.1) is 10.2 Å². The van der Waals surface area contributed by atoms with Gasteiger partial charge in [-0.3, -0.25) is 9.59 Å². The van der Waals surface area contributed by atoms with Gasteiger partial charge in [0.05, 0.1) is 6.42 Å². The lowest BCUT2D eigenvalue weighted by atomic mass is 10.1. The quantitative estimate of drug-likeness (QED) is 0.484. The van der Waals surface area contributed by atoms with Gasteiger partial charge in [0.1, 0.15) is 0 Å². The molecule has 128 valence electrons. The fourth-order valence-corrected chi connectivity index (χ4v) is 4.05. The van der Waals surface area contributed by atoms with E-state index < -0.39 is 5.97 Å². The molecule has 1 amide bonds. The average molecular weight is 373 g/mol. The Hall–Kier alpha value is -2.45. The second kappa shape index (κ2) is 8.09. The van der Waals surface area contributed by atoms with Crippen LogP contribution < -0.4 is 5.32 Å². The number of carbonyl (C=O) groups excluding carboxylic acids is 1. The number of rotatable bonds is 7. The number of carbonyl (C=O) groups is 2. The summed E-state index contributed by atoms with van der Waals surface area (Å²) in [6.07, 6.45) is -0.277. The average Bonchev–Trinajstić information content (AvgIpc) is 3.05. The van der Waals surface area contributed by atoms with Crippen molar-refractivity contribution in [1.29, 1.82) is 0 Å². The van der Waals surface area contributed by atoms with Gasteiger partial charge >= 0.3 is 5.97 Å². The van der Waals surface area contributed by atoms with E-state index >= 15 is 0 Å². The van der Waals surface area contributed by atoms with Crippen LogP contribution in [0.3, 0.4) is 0 Å². The zero-order chi connectivity index (χ0) is 17.6. The highest BCUT2D eigenvalue weighted by Crippen LogP contribution is 2.30. The molecule has 6 nitrogen and oxygen atoms in total. The highest BCUT2D eigenvalue weighted by Gasteiger charge is 2.11. The lowest BCUT2D eigenvalue weighted by Crippen LogP contribution is -2.12. The number of benzene rings is 2. The van der Waals surface area contributed by atoms with Gasteiger partial charge in [0, 0.05) is 12.2 Å². The monoisotopic (exact) mass is 373 g/mol.